The van der Waals surface area contributed by atoms with Crippen LogP contribution in [0, 0.1) is 0 Å². The molecule has 1 fully saturated rings. The van der Waals surface area contributed by atoms with E-state index in [1.165, 1.54) is 12.8 Å². The van der Waals surface area contributed by atoms with E-state index in [0.29, 0.717) is 11.8 Å². The minimum atomic E-state index is 0.626. The summed E-state index contributed by atoms with van der Waals surface area (Å²) in [6.45, 7) is 4.85. The minimum Gasteiger partial charge on any atom is -0.354 e. The lowest BCUT2D eigenvalue weighted by molar-refractivity contribution is 0.767. The van der Waals surface area contributed by atoms with Gasteiger partial charge in [0.15, 0.2) is 5.82 Å². The average molecular weight is 273 g/mol. The van der Waals surface area contributed by atoms with Gasteiger partial charge in [-0.3, -0.25) is 4.68 Å². The molecule has 0 amide bonds. The Kier molecular flexibility index (Phi) is 3.49. The van der Waals surface area contributed by atoms with Crippen LogP contribution in [0.15, 0.2) is 12.3 Å². The predicted octanol–water partition coefficient (Wildman–Crippen LogP) is 1.30. The highest BCUT2D eigenvalue weighted by Crippen LogP contribution is 2.21. The first-order valence-corrected chi connectivity index (χ1v) is 7.01. The number of nitrogens with zero attached hydrogens (tertiary/aromatic N) is 6. The van der Waals surface area contributed by atoms with Crippen LogP contribution in [0.1, 0.15) is 19.8 Å². The van der Waals surface area contributed by atoms with Crippen molar-refractivity contribution in [2.24, 2.45) is 7.05 Å². The molecule has 1 aliphatic heterocycles. The van der Waals surface area contributed by atoms with E-state index in [9.17, 15) is 0 Å². The van der Waals surface area contributed by atoms with Gasteiger partial charge in [0.25, 0.3) is 0 Å². The molecule has 0 radical (unpaired) electrons. The molecule has 3 heterocycles. The van der Waals surface area contributed by atoms with Crippen LogP contribution >= 0.6 is 0 Å². The fourth-order valence-electron chi connectivity index (χ4n) is 2.37. The van der Waals surface area contributed by atoms with Crippen LogP contribution in [-0.4, -0.2) is 44.4 Å². The van der Waals surface area contributed by atoms with Crippen molar-refractivity contribution in [1.29, 1.82) is 0 Å². The van der Waals surface area contributed by atoms with Crippen LogP contribution in [0.2, 0.25) is 0 Å². The molecule has 1 aliphatic rings. The van der Waals surface area contributed by atoms with Gasteiger partial charge in [0.2, 0.25) is 11.9 Å². The summed E-state index contributed by atoms with van der Waals surface area (Å²) < 4.78 is 1.78. The summed E-state index contributed by atoms with van der Waals surface area (Å²) in [5, 5.41) is 7.35. The van der Waals surface area contributed by atoms with E-state index < -0.39 is 0 Å². The quantitative estimate of drug-likeness (QED) is 0.905. The van der Waals surface area contributed by atoms with Gasteiger partial charge in [0.1, 0.15) is 5.69 Å². The van der Waals surface area contributed by atoms with Crippen molar-refractivity contribution in [3.63, 3.8) is 0 Å². The Morgan fingerprint density at radius 1 is 1.20 bits per heavy atom. The fourth-order valence-corrected chi connectivity index (χ4v) is 2.37. The van der Waals surface area contributed by atoms with Crippen molar-refractivity contribution in [2.45, 2.75) is 19.8 Å². The second kappa shape index (κ2) is 5.44. The Hall–Kier alpha value is -2.18. The van der Waals surface area contributed by atoms with Crippen LogP contribution in [0.3, 0.4) is 0 Å². The summed E-state index contributed by atoms with van der Waals surface area (Å²) in [5.74, 6) is 2.04. The maximum atomic E-state index is 4.60. The minimum absolute atomic E-state index is 0.626. The van der Waals surface area contributed by atoms with Gasteiger partial charge in [-0.2, -0.15) is 20.1 Å². The van der Waals surface area contributed by atoms with Gasteiger partial charge in [0, 0.05) is 32.9 Å². The van der Waals surface area contributed by atoms with Crippen LogP contribution in [0.25, 0.3) is 11.5 Å². The molecule has 0 unspecified atom stereocenters. The van der Waals surface area contributed by atoms with E-state index in [0.717, 1.165) is 31.3 Å². The van der Waals surface area contributed by atoms with Crippen molar-refractivity contribution >= 4 is 11.9 Å². The van der Waals surface area contributed by atoms with Gasteiger partial charge >= 0.3 is 0 Å². The molecule has 2 aromatic heterocycles. The molecule has 0 aliphatic carbocycles. The van der Waals surface area contributed by atoms with E-state index in [1.807, 2.05) is 20.0 Å². The molecule has 0 atom stereocenters. The lowest BCUT2D eigenvalue weighted by Crippen LogP contribution is -2.22. The molecule has 0 aromatic carbocycles. The molecule has 7 heteroatoms. The molecule has 0 spiro atoms. The smallest absolute Gasteiger partial charge is 0.230 e. The maximum Gasteiger partial charge on any atom is 0.230 e. The van der Waals surface area contributed by atoms with E-state index in [-0.39, 0.29) is 0 Å². The number of hydrogen-bond donors (Lipinski definition) is 1. The third-order valence-electron chi connectivity index (χ3n) is 3.40. The summed E-state index contributed by atoms with van der Waals surface area (Å²) in [6, 6.07) is 1.92. The number of aromatic nitrogens is 5. The molecule has 20 heavy (non-hydrogen) atoms. The van der Waals surface area contributed by atoms with Crippen LogP contribution in [-0.2, 0) is 7.05 Å². The van der Waals surface area contributed by atoms with Crippen LogP contribution in [0.4, 0.5) is 11.9 Å². The van der Waals surface area contributed by atoms with E-state index in [1.54, 1.807) is 10.9 Å². The summed E-state index contributed by atoms with van der Waals surface area (Å²) in [5.41, 5.74) is 0.895. The highest BCUT2D eigenvalue weighted by Gasteiger charge is 2.18. The zero-order valence-electron chi connectivity index (χ0n) is 11.9. The van der Waals surface area contributed by atoms with E-state index >= 15 is 0 Å². The zero-order valence-corrected chi connectivity index (χ0v) is 11.9. The Labute approximate surface area is 118 Å². The van der Waals surface area contributed by atoms with Crippen molar-refractivity contribution in [3.05, 3.63) is 12.3 Å². The van der Waals surface area contributed by atoms with Crippen molar-refractivity contribution in [3.8, 4) is 11.5 Å². The number of nitrogens with one attached hydrogen (secondary N) is 1. The summed E-state index contributed by atoms with van der Waals surface area (Å²) in [6.07, 6.45) is 4.15. The lowest BCUT2D eigenvalue weighted by atomic mass is 10.4. The molecule has 3 rings (SSSR count). The van der Waals surface area contributed by atoms with Gasteiger partial charge < -0.3 is 10.2 Å². The SMILES string of the molecule is CCNc1nc(-c2ccnn2C)nc(N2CCCC2)n1. The monoisotopic (exact) mass is 273 g/mol. The number of hydrogen-bond acceptors (Lipinski definition) is 6. The van der Waals surface area contributed by atoms with E-state index in [2.05, 4.69) is 30.3 Å². The lowest BCUT2D eigenvalue weighted by Gasteiger charge is -2.16. The standard InChI is InChI=1S/C13H19N7/c1-3-14-12-16-11(10-6-7-15-19(10)2)17-13(18-12)20-8-4-5-9-20/h6-7H,3-5,8-9H2,1-2H3,(H,14,16,17,18). The summed E-state index contributed by atoms with van der Waals surface area (Å²) in [7, 11) is 1.89. The number of aryl methyl sites for hydroxylation is 1. The third-order valence-corrected chi connectivity index (χ3v) is 3.40. The molecular weight excluding hydrogens is 254 g/mol. The van der Waals surface area contributed by atoms with Crippen LogP contribution in [0.5, 0.6) is 0 Å². The number of rotatable bonds is 4. The first-order valence-electron chi connectivity index (χ1n) is 7.01. The second-order valence-electron chi connectivity index (χ2n) is 4.85. The van der Waals surface area contributed by atoms with Crippen molar-refractivity contribution in [2.75, 3.05) is 29.9 Å². The van der Waals surface area contributed by atoms with E-state index in [4.69, 9.17) is 0 Å². The third kappa shape index (κ3) is 2.43. The largest absolute Gasteiger partial charge is 0.354 e. The molecule has 2 aromatic rings. The molecule has 0 saturated carbocycles. The Morgan fingerprint density at radius 3 is 2.65 bits per heavy atom. The first-order chi connectivity index (χ1) is 9.78. The number of anilines is 2. The highest BCUT2D eigenvalue weighted by atomic mass is 15.3. The molecule has 1 N–H and O–H groups in total. The highest BCUT2D eigenvalue weighted by molar-refractivity contribution is 5.54. The summed E-state index contributed by atoms with van der Waals surface area (Å²) in [4.78, 5) is 15.8. The van der Waals surface area contributed by atoms with Crippen molar-refractivity contribution < 1.29 is 0 Å². The normalized spacial score (nSPS) is 14.8. The van der Waals surface area contributed by atoms with Gasteiger partial charge in [-0.1, -0.05) is 0 Å². The molecular formula is C13H19N7. The Balaban J connectivity index is 2.02. The van der Waals surface area contributed by atoms with Gasteiger partial charge in [-0.15, -0.1) is 0 Å². The van der Waals surface area contributed by atoms with Gasteiger partial charge in [-0.25, -0.2) is 0 Å². The summed E-state index contributed by atoms with van der Waals surface area (Å²) >= 11 is 0. The molecule has 1 saturated heterocycles. The Morgan fingerprint density at radius 2 is 2.00 bits per heavy atom. The fraction of sp³-hybridized carbons (Fsp3) is 0.538. The topological polar surface area (TPSA) is 71.8 Å². The molecule has 106 valence electrons. The van der Waals surface area contributed by atoms with Crippen LogP contribution < -0.4 is 10.2 Å². The second-order valence-corrected chi connectivity index (χ2v) is 4.85. The first kappa shape index (κ1) is 12.8. The van der Waals surface area contributed by atoms with Crippen molar-refractivity contribution in [1.82, 2.24) is 24.7 Å². The average Bonchev–Trinajstić information content (AvgIpc) is 3.09. The predicted molar refractivity (Wildman–Crippen MR) is 77.6 cm³/mol. The van der Waals surface area contributed by atoms with Gasteiger partial charge in [0.05, 0.1) is 0 Å². The van der Waals surface area contributed by atoms with Gasteiger partial charge in [-0.05, 0) is 25.8 Å². The molecule has 0 bridgehead atoms. The Bertz CT molecular complexity index is 586. The maximum absolute atomic E-state index is 4.60. The zero-order chi connectivity index (χ0) is 13.9. The molecule has 7 nitrogen and oxygen atoms in total.